The Morgan fingerprint density at radius 3 is 2.84 bits per heavy atom. The SMILES string of the molecule is COC(=O)c1nccc(N2CCC(C)(C(=O)O)C2)n1. The zero-order valence-electron chi connectivity index (χ0n) is 10.8. The summed E-state index contributed by atoms with van der Waals surface area (Å²) < 4.78 is 4.56. The molecule has 2 rings (SSSR count). The molecule has 1 aliphatic rings. The van der Waals surface area contributed by atoms with E-state index in [1.165, 1.54) is 13.3 Å². The number of aromatic nitrogens is 2. The smallest absolute Gasteiger partial charge is 0.376 e. The molecular formula is C12H15N3O4. The van der Waals surface area contributed by atoms with Crippen LogP contribution in [0.5, 0.6) is 0 Å². The molecule has 0 bridgehead atoms. The number of rotatable bonds is 3. The van der Waals surface area contributed by atoms with E-state index in [0.717, 1.165) is 0 Å². The fourth-order valence-electron chi connectivity index (χ4n) is 2.05. The summed E-state index contributed by atoms with van der Waals surface area (Å²) in [6, 6.07) is 1.65. The molecule has 0 saturated carbocycles. The molecule has 102 valence electrons. The molecule has 1 aliphatic heterocycles. The highest BCUT2D eigenvalue weighted by molar-refractivity contribution is 5.85. The summed E-state index contributed by atoms with van der Waals surface area (Å²) in [5.74, 6) is -0.913. The molecule has 0 amide bonds. The highest BCUT2D eigenvalue weighted by atomic mass is 16.5. The Hall–Kier alpha value is -2.18. The number of methoxy groups -OCH3 is 1. The van der Waals surface area contributed by atoms with Crippen LogP contribution in [-0.2, 0) is 9.53 Å². The molecule has 2 heterocycles. The Bertz CT molecular complexity index is 519. The first-order valence-electron chi connectivity index (χ1n) is 5.86. The van der Waals surface area contributed by atoms with E-state index in [-0.39, 0.29) is 5.82 Å². The summed E-state index contributed by atoms with van der Waals surface area (Å²) in [4.78, 5) is 32.3. The van der Waals surface area contributed by atoms with E-state index in [1.807, 2.05) is 4.90 Å². The fourth-order valence-corrected chi connectivity index (χ4v) is 2.05. The molecule has 7 nitrogen and oxygen atoms in total. The van der Waals surface area contributed by atoms with Crippen LogP contribution in [0.25, 0.3) is 0 Å². The molecule has 19 heavy (non-hydrogen) atoms. The molecule has 0 spiro atoms. The monoisotopic (exact) mass is 265 g/mol. The second-order valence-corrected chi connectivity index (χ2v) is 4.77. The molecule has 0 aromatic carbocycles. The largest absolute Gasteiger partial charge is 0.481 e. The number of aliphatic carboxylic acids is 1. The fraction of sp³-hybridized carbons (Fsp3) is 0.500. The molecule has 1 aromatic rings. The van der Waals surface area contributed by atoms with Crippen molar-refractivity contribution in [2.45, 2.75) is 13.3 Å². The first kappa shape index (κ1) is 13.3. The molecule has 1 aromatic heterocycles. The number of nitrogens with zero attached hydrogens (tertiary/aromatic N) is 3. The summed E-state index contributed by atoms with van der Waals surface area (Å²) in [5.41, 5.74) is -0.781. The van der Waals surface area contributed by atoms with Crippen molar-refractivity contribution in [2.24, 2.45) is 5.41 Å². The minimum atomic E-state index is -0.822. The van der Waals surface area contributed by atoms with Crippen LogP contribution in [0.15, 0.2) is 12.3 Å². The number of carboxylic acid groups (broad SMARTS) is 1. The maximum atomic E-state index is 11.4. The molecule has 1 atom stereocenters. The average Bonchev–Trinajstić information content (AvgIpc) is 2.82. The van der Waals surface area contributed by atoms with E-state index < -0.39 is 17.4 Å². The maximum Gasteiger partial charge on any atom is 0.376 e. The summed E-state index contributed by atoms with van der Waals surface area (Å²) in [6.45, 7) is 2.65. The first-order valence-corrected chi connectivity index (χ1v) is 5.86. The first-order chi connectivity index (χ1) is 8.96. The molecule has 0 aliphatic carbocycles. The van der Waals surface area contributed by atoms with E-state index in [9.17, 15) is 14.7 Å². The third-order valence-corrected chi connectivity index (χ3v) is 3.32. The van der Waals surface area contributed by atoms with Crippen molar-refractivity contribution in [2.75, 3.05) is 25.1 Å². The molecule has 1 unspecified atom stereocenters. The summed E-state index contributed by atoms with van der Waals surface area (Å²) in [7, 11) is 1.26. The number of carbonyl (C=O) groups excluding carboxylic acids is 1. The Morgan fingerprint density at radius 1 is 1.53 bits per heavy atom. The van der Waals surface area contributed by atoms with E-state index in [1.54, 1.807) is 13.0 Å². The third kappa shape index (κ3) is 2.49. The van der Waals surface area contributed by atoms with E-state index in [4.69, 9.17) is 0 Å². The minimum absolute atomic E-state index is 0.0241. The predicted octanol–water partition coefficient (Wildman–Crippen LogP) is 0.564. The van der Waals surface area contributed by atoms with Gasteiger partial charge < -0.3 is 14.7 Å². The van der Waals surface area contributed by atoms with Crippen molar-refractivity contribution in [3.8, 4) is 0 Å². The number of hydrogen-bond donors (Lipinski definition) is 1. The summed E-state index contributed by atoms with van der Waals surface area (Å²) in [6.07, 6.45) is 2.00. The maximum absolute atomic E-state index is 11.4. The van der Waals surface area contributed by atoms with Gasteiger partial charge in [0.05, 0.1) is 12.5 Å². The zero-order valence-corrected chi connectivity index (χ0v) is 10.8. The van der Waals surface area contributed by atoms with Crippen molar-refractivity contribution in [3.63, 3.8) is 0 Å². The molecular weight excluding hydrogens is 250 g/mol. The molecule has 1 N–H and O–H groups in total. The van der Waals surface area contributed by atoms with Crippen LogP contribution in [-0.4, -0.2) is 47.2 Å². The minimum Gasteiger partial charge on any atom is -0.481 e. The molecule has 1 saturated heterocycles. The Labute approximate surface area is 110 Å². The quantitative estimate of drug-likeness (QED) is 0.798. The van der Waals surface area contributed by atoms with Crippen LogP contribution in [0.2, 0.25) is 0 Å². The number of esters is 1. The van der Waals surface area contributed by atoms with Gasteiger partial charge in [-0.25, -0.2) is 14.8 Å². The second kappa shape index (κ2) is 4.83. The Balaban J connectivity index is 2.20. The van der Waals surface area contributed by atoms with Gasteiger partial charge in [-0.3, -0.25) is 4.79 Å². The lowest BCUT2D eigenvalue weighted by molar-refractivity contribution is -0.146. The number of carboxylic acids is 1. The number of ether oxygens (including phenoxy) is 1. The highest BCUT2D eigenvalue weighted by Gasteiger charge is 2.41. The van der Waals surface area contributed by atoms with Crippen LogP contribution in [0.1, 0.15) is 24.0 Å². The van der Waals surface area contributed by atoms with Crippen molar-refractivity contribution in [3.05, 3.63) is 18.1 Å². The van der Waals surface area contributed by atoms with Crippen LogP contribution >= 0.6 is 0 Å². The summed E-state index contributed by atoms with van der Waals surface area (Å²) in [5, 5.41) is 9.18. The van der Waals surface area contributed by atoms with Crippen molar-refractivity contribution in [1.82, 2.24) is 9.97 Å². The van der Waals surface area contributed by atoms with Crippen LogP contribution in [0.4, 0.5) is 5.82 Å². The van der Waals surface area contributed by atoms with Gasteiger partial charge in [0.1, 0.15) is 5.82 Å². The third-order valence-electron chi connectivity index (χ3n) is 3.32. The van der Waals surface area contributed by atoms with E-state index >= 15 is 0 Å². The molecule has 0 radical (unpaired) electrons. The van der Waals surface area contributed by atoms with Gasteiger partial charge >= 0.3 is 11.9 Å². The average molecular weight is 265 g/mol. The Morgan fingerprint density at radius 2 is 2.26 bits per heavy atom. The topological polar surface area (TPSA) is 92.6 Å². The number of carbonyl (C=O) groups is 2. The van der Waals surface area contributed by atoms with Gasteiger partial charge in [-0.2, -0.15) is 0 Å². The van der Waals surface area contributed by atoms with Gasteiger partial charge in [0.15, 0.2) is 0 Å². The van der Waals surface area contributed by atoms with Crippen LogP contribution < -0.4 is 4.90 Å². The normalized spacial score (nSPS) is 22.3. The molecule has 7 heteroatoms. The van der Waals surface area contributed by atoms with E-state index in [0.29, 0.717) is 25.3 Å². The standard InChI is InChI=1S/C12H15N3O4/c1-12(11(17)18)4-6-15(7-12)8-3-5-13-9(14-8)10(16)19-2/h3,5H,4,6-7H2,1-2H3,(H,17,18). The van der Waals surface area contributed by atoms with Gasteiger partial charge in [0, 0.05) is 19.3 Å². The van der Waals surface area contributed by atoms with Crippen LogP contribution in [0, 0.1) is 5.41 Å². The van der Waals surface area contributed by atoms with Gasteiger partial charge in [-0.1, -0.05) is 0 Å². The zero-order chi connectivity index (χ0) is 14.0. The van der Waals surface area contributed by atoms with E-state index in [2.05, 4.69) is 14.7 Å². The van der Waals surface area contributed by atoms with Gasteiger partial charge in [0.2, 0.25) is 5.82 Å². The highest BCUT2D eigenvalue weighted by Crippen LogP contribution is 2.32. The van der Waals surface area contributed by atoms with Crippen molar-refractivity contribution >= 4 is 17.8 Å². The van der Waals surface area contributed by atoms with Gasteiger partial charge in [0.25, 0.3) is 0 Å². The second-order valence-electron chi connectivity index (χ2n) is 4.77. The van der Waals surface area contributed by atoms with Gasteiger partial charge in [-0.05, 0) is 19.4 Å². The van der Waals surface area contributed by atoms with Crippen LogP contribution in [0.3, 0.4) is 0 Å². The number of hydrogen-bond acceptors (Lipinski definition) is 6. The lowest BCUT2D eigenvalue weighted by Crippen LogP contribution is -2.32. The lowest BCUT2D eigenvalue weighted by atomic mass is 9.90. The van der Waals surface area contributed by atoms with Crippen molar-refractivity contribution < 1.29 is 19.4 Å². The molecule has 1 fully saturated rings. The number of anilines is 1. The Kier molecular flexibility index (Phi) is 3.37. The van der Waals surface area contributed by atoms with Crippen molar-refractivity contribution in [1.29, 1.82) is 0 Å². The lowest BCUT2D eigenvalue weighted by Gasteiger charge is -2.20. The summed E-state index contributed by atoms with van der Waals surface area (Å²) >= 11 is 0. The predicted molar refractivity (Wildman–Crippen MR) is 65.9 cm³/mol. The van der Waals surface area contributed by atoms with Gasteiger partial charge in [-0.15, -0.1) is 0 Å².